The number of nitrogens with one attached hydrogen (secondary N) is 2. The summed E-state index contributed by atoms with van der Waals surface area (Å²) in [5, 5.41) is 6.28. The maximum absolute atomic E-state index is 12.1. The standard InChI is InChI=1S/C16H22N6O/c1-21-9-7-19-16(21)14-12-18-6-10-22(14)8-4-15(23)20-13-3-2-5-17-11-13/h2-3,5,7,9,11,14,18H,4,6,8,10,12H2,1H3,(H,20,23). The molecule has 1 fully saturated rings. The lowest BCUT2D eigenvalue weighted by molar-refractivity contribution is -0.116. The van der Waals surface area contributed by atoms with Gasteiger partial charge in [-0.2, -0.15) is 0 Å². The van der Waals surface area contributed by atoms with E-state index in [0.717, 1.165) is 31.1 Å². The zero-order valence-electron chi connectivity index (χ0n) is 13.3. The Bertz CT molecular complexity index is 641. The molecule has 1 aliphatic rings. The number of piperazine rings is 1. The van der Waals surface area contributed by atoms with E-state index in [2.05, 4.69) is 25.5 Å². The molecular weight excluding hydrogens is 292 g/mol. The van der Waals surface area contributed by atoms with Crippen LogP contribution in [0, 0.1) is 0 Å². The molecule has 0 spiro atoms. The lowest BCUT2D eigenvalue weighted by Gasteiger charge is -2.35. The molecule has 0 saturated carbocycles. The first kappa shape index (κ1) is 15.6. The first-order chi connectivity index (χ1) is 11.2. The minimum atomic E-state index is 0.00937. The molecule has 7 nitrogen and oxygen atoms in total. The van der Waals surface area contributed by atoms with Gasteiger partial charge in [0.25, 0.3) is 0 Å². The van der Waals surface area contributed by atoms with Crippen LogP contribution in [0.25, 0.3) is 0 Å². The second kappa shape index (κ2) is 7.34. The number of nitrogens with zero attached hydrogens (tertiary/aromatic N) is 4. The Morgan fingerprint density at radius 1 is 1.48 bits per heavy atom. The Balaban J connectivity index is 1.57. The second-order valence-corrected chi connectivity index (χ2v) is 5.69. The molecule has 0 aromatic carbocycles. The van der Waals surface area contributed by atoms with Gasteiger partial charge in [-0.3, -0.25) is 14.7 Å². The zero-order valence-corrected chi connectivity index (χ0v) is 13.3. The fourth-order valence-corrected chi connectivity index (χ4v) is 2.87. The molecule has 1 atom stereocenters. The zero-order chi connectivity index (χ0) is 16.1. The highest BCUT2D eigenvalue weighted by Crippen LogP contribution is 2.20. The Kier molecular flexibility index (Phi) is 4.99. The van der Waals surface area contributed by atoms with Gasteiger partial charge < -0.3 is 15.2 Å². The molecule has 0 bridgehead atoms. The summed E-state index contributed by atoms with van der Waals surface area (Å²) in [4.78, 5) is 22.9. The molecule has 1 unspecified atom stereocenters. The van der Waals surface area contributed by atoms with E-state index in [1.807, 2.05) is 36.1 Å². The molecule has 1 saturated heterocycles. The van der Waals surface area contributed by atoms with E-state index >= 15 is 0 Å². The summed E-state index contributed by atoms with van der Waals surface area (Å²) in [6.07, 6.45) is 7.57. The van der Waals surface area contributed by atoms with E-state index in [0.29, 0.717) is 13.0 Å². The normalized spacial score (nSPS) is 18.7. The molecule has 2 N–H and O–H groups in total. The number of hydrogen-bond donors (Lipinski definition) is 2. The van der Waals surface area contributed by atoms with Crippen molar-refractivity contribution < 1.29 is 4.79 Å². The summed E-state index contributed by atoms with van der Waals surface area (Å²) in [5.74, 6) is 1.04. The molecule has 7 heteroatoms. The molecule has 2 aromatic heterocycles. The van der Waals surface area contributed by atoms with E-state index in [1.54, 1.807) is 12.4 Å². The molecule has 3 rings (SSSR count). The Morgan fingerprint density at radius 3 is 3.13 bits per heavy atom. The number of amides is 1. The highest BCUT2D eigenvalue weighted by molar-refractivity contribution is 5.90. The van der Waals surface area contributed by atoms with Crippen molar-refractivity contribution in [3.05, 3.63) is 42.7 Å². The van der Waals surface area contributed by atoms with Gasteiger partial charge in [-0.15, -0.1) is 0 Å². The smallest absolute Gasteiger partial charge is 0.225 e. The number of aromatic nitrogens is 3. The van der Waals surface area contributed by atoms with Gasteiger partial charge in [0.1, 0.15) is 5.82 Å². The van der Waals surface area contributed by atoms with Crippen molar-refractivity contribution in [3.63, 3.8) is 0 Å². The SMILES string of the molecule is Cn1ccnc1C1CNCCN1CCC(=O)Nc1cccnc1. The molecule has 23 heavy (non-hydrogen) atoms. The molecule has 2 aromatic rings. The predicted molar refractivity (Wildman–Crippen MR) is 87.9 cm³/mol. The van der Waals surface area contributed by atoms with Crippen LogP contribution in [-0.4, -0.2) is 51.5 Å². The molecule has 1 aliphatic heterocycles. The fourth-order valence-electron chi connectivity index (χ4n) is 2.87. The van der Waals surface area contributed by atoms with Crippen LogP contribution in [0.4, 0.5) is 5.69 Å². The minimum absolute atomic E-state index is 0.00937. The van der Waals surface area contributed by atoms with Crippen molar-refractivity contribution in [2.24, 2.45) is 7.05 Å². The van der Waals surface area contributed by atoms with E-state index < -0.39 is 0 Å². The van der Waals surface area contributed by atoms with Gasteiger partial charge in [-0.25, -0.2) is 4.98 Å². The third-order valence-electron chi connectivity index (χ3n) is 4.08. The quantitative estimate of drug-likeness (QED) is 0.853. The lowest BCUT2D eigenvalue weighted by Crippen LogP contribution is -2.47. The Labute approximate surface area is 135 Å². The number of imidazole rings is 1. The molecule has 0 aliphatic carbocycles. The first-order valence-electron chi connectivity index (χ1n) is 7.86. The van der Waals surface area contributed by atoms with E-state index in [1.165, 1.54) is 0 Å². The first-order valence-corrected chi connectivity index (χ1v) is 7.86. The van der Waals surface area contributed by atoms with Crippen molar-refractivity contribution >= 4 is 11.6 Å². The number of anilines is 1. The van der Waals surface area contributed by atoms with E-state index in [4.69, 9.17) is 0 Å². The molecule has 122 valence electrons. The van der Waals surface area contributed by atoms with Crippen molar-refractivity contribution in [2.75, 3.05) is 31.5 Å². The topological polar surface area (TPSA) is 75.1 Å². The van der Waals surface area contributed by atoms with Gasteiger partial charge in [-0.05, 0) is 12.1 Å². The average molecular weight is 314 g/mol. The molecule has 0 radical (unpaired) electrons. The number of hydrogen-bond acceptors (Lipinski definition) is 5. The predicted octanol–water partition coefficient (Wildman–Crippen LogP) is 0.790. The van der Waals surface area contributed by atoms with Crippen LogP contribution in [-0.2, 0) is 11.8 Å². The number of carbonyl (C=O) groups excluding carboxylic acids is 1. The van der Waals surface area contributed by atoms with Crippen LogP contribution in [0.3, 0.4) is 0 Å². The lowest BCUT2D eigenvalue weighted by atomic mass is 10.1. The van der Waals surface area contributed by atoms with Crippen LogP contribution in [0.2, 0.25) is 0 Å². The maximum Gasteiger partial charge on any atom is 0.225 e. The minimum Gasteiger partial charge on any atom is -0.337 e. The van der Waals surface area contributed by atoms with E-state index in [9.17, 15) is 4.79 Å². The van der Waals surface area contributed by atoms with Gasteiger partial charge in [-0.1, -0.05) is 0 Å². The summed E-state index contributed by atoms with van der Waals surface area (Å²) in [6, 6.07) is 3.85. The summed E-state index contributed by atoms with van der Waals surface area (Å²) in [6.45, 7) is 3.42. The highest BCUT2D eigenvalue weighted by atomic mass is 16.1. The fraction of sp³-hybridized carbons (Fsp3) is 0.438. The third kappa shape index (κ3) is 3.94. The Morgan fingerprint density at radius 2 is 2.39 bits per heavy atom. The highest BCUT2D eigenvalue weighted by Gasteiger charge is 2.26. The van der Waals surface area contributed by atoms with Gasteiger partial charge in [0.15, 0.2) is 0 Å². The maximum atomic E-state index is 12.1. The van der Waals surface area contributed by atoms with Crippen molar-refractivity contribution in [1.29, 1.82) is 0 Å². The van der Waals surface area contributed by atoms with Crippen LogP contribution in [0.5, 0.6) is 0 Å². The van der Waals surface area contributed by atoms with Gasteiger partial charge in [0.2, 0.25) is 5.91 Å². The van der Waals surface area contributed by atoms with Crippen LogP contribution >= 0.6 is 0 Å². The van der Waals surface area contributed by atoms with Crippen LogP contribution < -0.4 is 10.6 Å². The summed E-state index contributed by atoms with van der Waals surface area (Å²) >= 11 is 0. The largest absolute Gasteiger partial charge is 0.337 e. The van der Waals surface area contributed by atoms with Crippen LogP contribution in [0.15, 0.2) is 36.9 Å². The average Bonchev–Trinajstić information content (AvgIpc) is 3.00. The Hall–Kier alpha value is -2.25. The van der Waals surface area contributed by atoms with Crippen LogP contribution in [0.1, 0.15) is 18.3 Å². The number of aryl methyl sites for hydroxylation is 1. The monoisotopic (exact) mass is 314 g/mol. The number of rotatable bonds is 5. The number of carbonyl (C=O) groups is 1. The van der Waals surface area contributed by atoms with Crippen molar-refractivity contribution in [3.8, 4) is 0 Å². The van der Waals surface area contributed by atoms with Crippen molar-refractivity contribution in [1.82, 2.24) is 24.8 Å². The van der Waals surface area contributed by atoms with Gasteiger partial charge in [0.05, 0.1) is 17.9 Å². The summed E-state index contributed by atoms with van der Waals surface area (Å²) in [5.41, 5.74) is 0.735. The molecule has 1 amide bonds. The second-order valence-electron chi connectivity index (χ2n) is 5.69. The van der Waals surface area contributed by atoms with E-state index in [-0.39, 0.29) is 11.9 Å². The molecular formula is C16H22N6O. The molecule has 3 heterocycles. The summed E-state index contributed by atoms with van der Waals surface area (Å²) in [7, 11) is 2.00. The van der Waals surface area contributed by atoms with Gasteiger partial charge >= 0.3 is 0 Å². The summed E-state index contributed by atoms with van der Waals surface area (Å²) < 4.78 is 2.04. The van der Waals surface area contributed by atoms with Gasteiger partial charge in [0, 0.05) is 58.2 Å². The van der Waals surface area contributed by atoms with Crippen molar-refractivity contribution in [2.45, 2.75) is 12.5 Å². The third-order valence-corrected chi connectivity index (χ3v) is 4.08. The number of pyridine rings is 1.